The normalized spacial score (nSPS) is 18.7. The van der Waals surface area contributed by atoms with E-state index in [1.165, 1.54) is 0 Å². The maximum Gasteiger partial charge on any atom is 0.371 e. The van der Waals surface area contributed by atoms with Crippen molar-refractivity contribution in [2.45, 2.75) is 5.09 Å². The summed E-state index contributed by atoms with van der Waals surface area (Å²) in [5.74, 6) is -1.87. The summed E-state index contributed by atoms with van der Waals surface area (Å²) >= 11 is 0. The van der Waals surface area contributed by atoms with Gasteiger partial charge in [-0.25, -0.2) is 18.4 Å². The van der Waals surface area contributed by atoms with Gasteiger partial charge in [-0.15, -0.1) is 0 Å². The van der Waals surface area contributed by atoms with Crippen LogP contribution < -0.4 is 5.14 Å². The predicted molar refractivity (Wildman–Crippen MR) is 69.1 cm³/mol. The van der Waals surface area contributed by atoms with Crippen LogP contribution in [0.2, 0.25) is 0 Å². The van der Waals surface area contributed by atoms with Crippen LogP contribution in [0, 0.1) is 0 Å². The van der Waals surface area contributed by atoms with Gasteiger partial charge < -0.3 is 9.52 Å². The van der Waals surface area contributed by atoms with Crippen LogP contribution in [-0.4, -0.2) is 62.7 Å². The van der Waals surface area contributed by atoms with Crippen molar-refractivity contribution in [2.24, 2.45) is 5.14 Å². The Morgan fingerprint density at radius 3 is 2.05 bits per heavy atom. The Morgan fingerprint density at radius 2 is 1.62 bits per heavy atom. The van der Waals surface area contributed by atoms with E-state index in [1.54, 1.807) is 0 Å². The van der Waals surface area contributed by atoms with Crippen LogP contribution in [0.4, 0.5) is 0 Å². The van der Waals surface area contributed by atoms with Crippen molar-refractivity contribution < 1.29 is 31.2 Å². The Labute approximate surface area is 121 Å². The van der Waals surface area contributed by atoms with Gasteiger partial charge in [0.1, 0.15) is 0 Å². The van der Waals surface area contributed by atoms with Crippen LogP contribution in [0.15, 0.2) is 21.6 Å². The fraction of sp³-hybridized carbons (Fsp3) is 0.444. The SMILES string of the molecule is NS(=O)(=O)N1CCN(S(=O)(=O)c2ccc(C(=O)O)o2)CC1. The molecule has 118 valence electrons. The summed E-state index contributed by atoms with van der Waals surface area (Å²) in [6.07, 6.45) is 0. The van der Waals surface area contributed by atoms with Gasteiger partial charge >= 0.3 is 5.97 Å². The zero-order chi connectivity index (χ0) is 15.8. The Balaban J connectivity index is 2.16. The third kappa shape index (κ3) is 3.24. The van der Waals surface area contributed by atoms with Crippen molar-refractivity contribution in [2.75, 3.05) is 26.2 Å². The van der Waals surface area contributed by atoms with E-state index in [0.29, 0.717) is 0 Å². The second-order valence-electron chi connectivity index (χ2n) is 4.27. The number of furan rings is 1. The number of carboxylic acid groups (broad SMARTS) is 1. The third-order valence-corrected chi connectivity index (χ3v) is 5.80. The second kappa shape index (κ2) is 5.38. The van der Waals surface area contributed by atoms with Gasteiger partial charge in [0.2, 0.25) is 10.9 Å². The minimum atomic E-state index is -4.00. The molecule has 0 spiro atoms. The Morgan fingerprint density at radius 1 is 1.10 bits per heavy atom. The molecule has 0 amide bonds. The number of nitrogens with zero attached hydrogens (tertiary/aromatic N) is 2. The van der Waals surface area contributed by atoms with E-state index in [1.807, 2.05) is 0 Å². The molecule has 0 saturated carbocycles. The van der Waals surface area contributed by atoms with Crippen molar-refractivity contribution >= 4 is 26.2 Å². The van der Waals surface area contributed by atoms with Gasteiger partial charge in [-0.2, -0.15) is 17.0 Å². The molecule has 2 rings (SSSR count). The van der Waals surface area contributed by atoms with Crippen LogP contribution >= 0.6 is 0 Å². The standard InChI is InChI=1S/C9H13N3O7S2/c10-21(17,18)12-5-3-11(4-6-12)20(15,16)8-2-1-7(19-8)9(13)14/h1-2H,3-6H2,(H,13,14)(H2,10,17,18). The second-order valence-corrected chi connectivity index (χ2v) is 7.69. The topological polar surface area (TPSA) is 151 Å². The number of sulfonamides is 1. The molecule has 0 aromatic carbocycles. The summed E-state index contributed by atoms with van der Waals surface area (Å²) < 4.78 is 53.5. The molecule has 0 aliphatic carbocycles. The highest BCUT2D eigenvalue weighted by Gasteiger charge is 2.33. The number of carboxylic acids is 1. The lowest BCUT2D eigenvalue weighted by Crippen LogP contribution is -2.52. The fourth-order valence-corrected chi connectivity index (χ4v) is 3.87. The first-order valence-corrected chi connectivity index (χ1v) is 8.68. The van der Waals surface area contributed by atoms with Gasteiger partial charge in [-0.3, -0.25) is 0 Å². The molecule has 1 aromatic heterocycles. The van der Waals surface area contributed by atoms with E-state index in [2.05, 4.69) is 0 Å². The number of carbonyl (C=O) groups is 1. The number of piperazine rings is 1. The Bertz CT molecular complexity index is 744. The first-order valence-electron chi connectivity index (χ1n) is 5.73. The minimum absolute atomic E-state index is 0.0788. The van der Waals surface area contributed by atoms with Gasteiger partial charge in [0, 0.05) is 26.2 Å². The molecule has 0 radical (unpaired) electrons. The number of aromatic carboxylic acids is 1. The highest BCUT2D eigenvalue weighted by atomic mass is 32.2. The van der Waals surface area contributed by atoms with Crippen LogP contribution in [0.5, 0.6) is 0 Å². The highest BCUT2D eigenvalue weighted by molar-refractivity contribution is 7.89. The molecule has 10 nitrogen and oxygen atoms in total. The summed E-state index contributed by atoms with van der Waals surface area (Å²) in [6.45, 7) is -0.348. The minimum Gasteiger partial charge on any atom is -0.475 e. The molecule has 2 heterocycles. The van der Waals surface area contributed by atoms with E-state index < -0.39 is 37.1 Å². The molecule has 0 unspecified atom stereocenters. The number of nitrogens with two attached hydrogens (primary N) is 1. The molecule has 0 atom stereocenters. The van der Waals surface area contributed by atoms with E-state index in [9.17, 15) is 21.6 Å². The van der Waals surface area contributed by atoms with Crippen LogP contribution in [0.3, 0.4) is 0 Å². The van der Waals surface area contributed by atoms with Crippen LogP contribution in [0.25, 0.3) is 0 Å². The van der Waals surface area contributed by atoms with E-state index in [-0.39, 0.29) is 26.2 Å². The van der Waals surface area contributed by atoms with Gasteiger partial charge in [-0.1, -0.05) is 0 Å². The smallest absolute Gasteiger partial charge is 0.371 e. The largest absolute Gasteiger partial charge is 0.475 e. The molecule has 21 heavy (non-hydrogen) atoms. The maximum absolute atomic E-state index is 12.2. The molecule has 1 aromatic rings. The van der Waals surface area contributed by atoms with Gasteiger partial charge in [0.15, 0.2) is 0 Å². The number of hydrogen-bond donors (Lipinski definition) is 2. The summed E-state index contributed by atoms with van der Waals surface area (Å²) in [5.41, 5.74) is 0. The summed E-state index contributed by atoms with van der Waals surface area (Å²) in [6, 6.07) is 2.08. The molecule has 1 aliphatic rings. The fourth-order valence-electron chi connectivity index (χ4n) is 1.87. The zero-order valence-corrected chi connectivity index (χ0v) is 12.3. The molecule has 3 N–H and O–H groups in total. The average Bonchev–Trinajstić information content (AvgIpc) is 2.88. The maximum atomic E-state index is 12.2. The monoisotopic (exact) mass is 339 g/mol. The van der Waals surface area contributed by atoms with Gasteiger partial charge in [0.05, 0.1) is 0 Å². The average molecular weight is 339 g/mol. The van der Waals surface area contributed by atoms with Gasteiger partial charge in [0.25, 0.3) is 20.2 Å². The van der Waals surface area contributed by atoms with Crippen molar-refractivity contribution in [3.05, 3.63) is 17.9 Å². The third-order valence-electron chi connectivity index (χ3n) is 2.94. The summed E-state index contributed by atoms with van der Waals surface area (Å²) in [5, 5.41) is 13.2. The molecule has 1 aliphatic heterocycles. The van der Waals surface area contributed by atoms with Crippen molar-refractivity contribution in [1.82, 2.24) is 8.61 Å². The molecule has 1 saturated heterocycles. The summed E-state index contributed by atoms with van der Waals surface area (Å²) in [7, 11) is -7.86. The van der Waals surface area contributed by atoms with Crippen molar-refractivity contribution in [3.63, 3.8) is 0 Å². The number of hydrogen-bond acceptors (Lipinski definition) is 6. The first-order chi connectivity index (χ1) is 9.62. The lowest BCUT2D eigenvalue weighted by Gasteiger charge is -2.31. The van der Waals surface area contributed by atoms with Crippen LogP contribution in [-0.2, 0) is 20.2 Å². The van der Waals surface area contributed by atoms with Crippen LogP contribution in [0.1, 0.15) is 10.6 Å². The highest BCUT2D eigenvalue weighted by Crippen LogP contribution is 2.20. The van der Waals surface area contributed by atoms with Crippen molar-refractivity contribution in [1.29, 1.82) is 0 Å². The predicted octanol–water partition coefficient (Wildman–Crippen LogP) is -1.51. The van der Waals surface area contributed by atoms with E-state index in [4.69, 9.17) is 14.7 Å². The zero-order valence-electron chi connectivity index (χ0n) is 10.7. The summed E-state index contributed by atoms with van der Waals surface area (Å²) in [4.78, 5) is 10.7. The lowest BCUT2D eigenvalue weighted by molar-refractivity contribution is 0.0656. The molecular formula is C9H13N3O7S2. The van der Waals surface area contributed by atoms with E-state index >= 15 is 0 Å². The molecule has 0 bridgehead atoms. The van der Waals surface area contributed by atoms with E-state index in [0.717, 1.165) is 20.7 Å². The van der Waals surface area contributed by atoms with Crippen molar-refractivity contribution in [3.8, 4) is 0 Å². The Kier molecular flexibility index (Phi) is 4.08. The quantitative estimate of drug-likeness (QED) is 0.676. The van der Waals surface area contributed by atoms with Gasteiger partial charge in [-0.05, 0) is 12.1 Å². The lowest BCUT2D eigenvalue weighted by atomic mass is 10.4. The first kappa shape index (κ1) is 15.9. The molecule has 12 heteroatoms. The Hall–Kier alpha value is -1.47. The molecular weight excluding hydrogens is 326 g/mol. The molecule has 1 fully saturated rings. The number of rotatable bonds is 4.